The predicted octanol–water partition coefficient (Wildman–Crippen LogP) is 2.42. The van der Waals surface area contributed by atoms with Crippen LogP contribution in [-0.2, 0) is 17.6 Å². The molecule has 2 heterocycles. The molecule has 22 heavy (non-hydrogen) atoms. The SMILES string of the molecule is CCOc1nc(C)cn2c(CC)c3c(c12)C(C(N)=O)=CCC3. The van der Waals surface area contributed by atoms with E-state index < -0.39 is 0 Å². The van der Waals surface area contributed by atoms with Gasteiger partial charge >= 0.3 is 0 Å². The van der Waals surface area contributed by atoms with E-state index in [1.54, 1.807) is 0 Å². The molecule has 0 unspecified atom stereocenters. The Morgan fingerprint density at radius 2 is 2.23 bits per heavy atom. The molecule has 0 bridgehead atoms. The summed E-state index contributed by atoms with van der Waals surface area (Å²) in [7, 11) is 0. The van der Waals surface area contributed by atoms with Gasteiger partial charge in [-0.25, -0.2) is 4.98 Å². The number of amides is 1. The van der Waals surface area contributed by atoms with E-state index >= 15 is 0 Å². The lowest BCUT2D eigenvalue weighted by molar-refractivity contribution is -0.112. The van der Waals surface area contributed by atoms with Crippen molar-refractivity contribution in [3.05, 3.63) is 34.8 Å². The number of carbonyl (C=O) groups is 1. The van der Waals surface area contributed by atoms with Crippen LogP contribution in [0.3, 0.4) is 0 Å². The Hall–Kier alpha value is -2.30. The van der Waals surface area contributed by atoms with E-state index in [4.69, 9.17) is 10.5 Å². The van der Waals surface area contributed by atoms with E-state index in [9.17, 15) is 4.79 Å². The topological polar surface area (TPSA) is 69.6 Å². The van der Waals surface area contributed by atoms with E-state index in [0.717, 1.165) is 36.0 Å². The van der Waals surface area contributed by atoms with Gasteiger partial charge in [0.05, 0.1) is 12.3 Å². The number of carbonyl (C=O) groups excluding carboxylic acids is 1. The Morgan fingerprint density at radius 3 is 2.86 bits per heavy atom. The van der Waals surface area contributed by atoms with Gasteiger partial charge in [-0.15, -0.1) is 0 Å². The second-order valence-corrected chi connectivity index (χ2v) is 5.51. The van der Waals surface area contributed by atoms with Crippen LogP contribution in [0.1, 0.15) is 42.8 Å². The molecule has 0 fully saturated rings. The van der Waals surface area contributed by atoms with Crippen LogP contribution in [0.2, 0.25) is 0 Å². The molecule has 5 heteroatoms. The molecule has 0 atom stereocenters. The molecular formula is C17H21N3O2. The third kappa shape index (κ3) is 2.08. The molecule has 5 nitrogen and oxygen atoms in total. The van der Waals surface area contributed by atoms with Gasteiger partial charge in [0, 0.05) is 23.0 Å². The van der Waals surface area contributed by atoms with Crippen LogP contribution in [0, 0.1) is 6.92 Å². The Bertz CT molecular complexity index is 787. The molecule has 1 amide bonds. The van der Waals surface area contributed by atoms with Crippen molar-refractivity contribution in [2.45, 2.75) is 40.0 Å². The van der Waals surface area contributed by atoms with Crippen molar-refractivity contribution in [2.75, 3.05) is 6.61 Å². The Kier molecular flexibility index (Phi) is 3.64. The standard InChI is InChI=1S/C17H21N3O2/c1-4-13-11-7-6-8-12(16(18)21)14(11)15-17(22-5-2)19-10(3)9-20(13)15/h8-9H,4-7H2,1-3H3,(H2,18,21). The zero-order chi connectivity index (χ0) is 15.9. The summed E-state index contributed by atoms with van der Waals surface area (Å²) in [6, 6.07) is 0. The van der Waals surface area contributed by atoms with Crippen molar-refractivity contribution in [3.63, 3.8) is 0 Å². The van der Waals surface area contributed by atoms with E-state index in [1.165, 1.54) is 11.3 Å². The molecule has 0 saturated carbocycles. The third-order valence-electron chi connectivity index (χ3n) is 4.11. The maximum atomic E-state index is 11.9. The van der Waals surface area contributed by atoms with Crippen molar-refractivity contribution in [1.82, 2.24) is 9.38 Å². The van der Waals surface area contributed by atoms with Crippen LogP contribution < -0.4 is 10.5 Å². The molecule has 3 rings (SSSR count). The molecule has 2 N–H and O–H groups in total. The van der Waals surface area contributed by atoms with E-state index in [-0.39, 0.29) is 5.91 Å². The van der Waals surface area contributed by atoms with Crippen molar-refractivity contribution in [3.8, 4) is 5.88 Å². The number of ether oxygens (including phenoxy) is 1. The summed E-state index contributed by atoms with van der Waals surface area (Å²) in [5.74, 6) is 0.187. The summed E-state index contributed by atoms with van der Waals surface area (Å²) in [5.41, 5.74) is 11.3. The van der Waals surface area contributed by atoms with Crippen LogP contribution in [0.5, 0.6) is 5.88 Å². The minimum Gasteiger partial charge on any atom is -0.476 e. The fourth-order valence-corrected chi connectivity index (χ4v) is 3.34. The van der Waals surface area contributed by atoms with Gasteiger partial charge in [-0.3, -0.25) is 4.79 Å². The molecule has 0 aromatic carbocycles. The lowest BCUT2D eigenvalue weighted by Gasteiger charge is -2.13. The van der Waals surface area contributed by atoms with Gasteiger partial charge in [-0.05, 0) is 38.7 Å². The summed E-state index contributed by atoms with van der Waals surface area (Å²) in [6.07, 6.45) is 6.58. The maximum absolute atomic E-state index is 11.9. The number of nitrogens with two attached hydrogens (primary N) is 1. The summed E-state index contributed by atoms with van der Waals surface area (Å²) in [4.78, 5) is 16.4. The van der Waals surface area contributed by atoms with Crippen molar-refractivity contribution in [1.29, 1.82) is 0 Å². The molecule has 0 aliphatic heterocycles. The highest BCUT2D eigenvalue weighted by Crippen LogP contribution is 2.38. The normalized spacial score (nSPS) is 13.9. The van der Waals surface area contributed by atoms with Gasteiger partial charge in [0.15, 0.2) is 0 Å². The highest BCUT2D eigenvalue weighted by Gasteiger charge is 2.27. The Balaban J connectivity index is 2.43. The number of rotatable bonds is 4. The van der Waals surface area contributed by atoms with Crippen LogP contribution >= 0.6 is 0 Å². The third-order valence-corrected chi connectivity index (χ3v) is 4.11. The van der Waals surface area contributed by atoms with Gasteiger partial charge in [0.1, 0.15) is 5.52 Å². The quantitative estimate of drug-likeness (QED) is 0.942. The van der Waals surface area contributed by atoms with Crippen molar-refractivity contribution in [2.24, 2.45) is 5.73 Å². The number of hydrogen-bond acceptors (Lipinski definition) is 3. The zero-order valence-corrected chi connectivity index (χ0v) is 13.3. The molecule has 2 aromatic heterocycles. The predicted molar refractivity (Wildman–Crippen MR) is 86.0 cm³/mol. The number of hydrogen-bond donors (Lipinski definition) is 1. The second-order valence-electron chi connectivity index (χ2n) is 5.51. The molecule has 116 valence electrons. The molecule has 0 saturated heterocycles. The summed E-state index contributed by atoms with van der Waals surface area (Å²) < 4.78 is 7.87. The molecule has 1 aliphatic carbocycles. The minimum absolute atomic E-state index is 0.390. The fraction of sp³-hybridized carbons (Fsp3) is 0.412. The zero-order valence-electron chi connectivity index (χ0n) is 13.3. The first-order valence-corrected chi connectivity index (χ1v) is 7.75. The highest BCUT2D eigenvalue weighted by molar-refractivity contribution is 6.22. The summed E-state index contributed by atoms with van der Waals surface area (Å²) in [6.45, 7) is 6.54. The largest absolute Gasteiger partial charge is 0.476 e. The monoisotopic (exact) mass is 299 g/mol. The Morgan fingerprint density at radius 1 is 1.45 bits per heavy atom. The van der Waals surface area contributed by atoms with Gasteiger partial charge in [-0.1, -0.05) is 13.0 Å². The van der Waals surface area contributed by atoms with E-state index in [1.807, 2.05) is 26.1 Å². The number of aromatic nitrogens is 2. The van der Waals surface area contributed by atoms with Gasteiger partial charge < -0.3 is 14.9 Å². The maximum Gasteiger partial charge on any atom is 0.249 e. The summed E-state index contributed by atoms with van der Waals surface area (Å²) >= 11 is 0. The number of allylic oxidation sites excluding steroid dienone is 1. The van der Waals surface area contributed by atoms with Crippen LogP contribution in [0.15, 0.2) is 12.3 Å². The highest BCUT2D eigenvalue weighted by atomic mass is 16.5. The first-order valence-electron chi connectivity index (χ1n) is 7.75. The molecular weight excluding hydrogens is 278 g/mol. The minimum atomic E-state index is -0.390. The summed E-state index contributed by atoms with van der Waals surface area (Å²) in [5, 5.41) is 0. The van der Waals surface area contributed by atoms with Gasteiger partial charge in [0.25, 0.3) is 0 Å². The van der Waals surface area contributed by atoms with Gasteiger partial charge in [-0.2, -0.15) is 0 Å². The van der Waals surface area contributed by atoms with Gasteiger partial charge in [0.2, 0.25) is 11.8 Å². The molecule has 0 radical (unpaired) electrons. The lowest BCUT2D eigenvalue weighted by atomic mass is 9.91. The smallest absolute Gasteiger partial charge is 0.249 e. The Labute approximate surface area is 129 Å². The number of primary amides is 1. The fourth-order valence-electron chi connectivity index (χ4n) is 3.34. The van der Waals surface area contributed by atoms with E-state index in [0.29, 0.717) is 18.1 Å². The van der Waals surface area contributed by atoms with Crippen LogP contribution in [-0.4, -0.2) is 21.9 Å². The number of nitrogens with zero attached hydrogens (tertiary/aromatic N) is 2. The average molecular weight is 299 g/mol. The number of fused-ring (bicyclic) bond motifs is 3. The van der Waals surface area contributed by atoms with Crippen molar-refractivity contribution < 1.29 is 9.53 Å². The van der Waals surface area contributed by atoms with Crippen molar-refractivity contribution >= 4 is 17.0 Å². The van der Waals surface area contributed by atoms with Crippen LogP contribution in [0.25, 0.3) is 11.1 Å². The van der Waals surface area contributed by atoms with E-state index in [2.05, 4.69) is 16.3 Å². The average Bonchev–Trinajstić information content (AvgIpc) is 2.80. The second kappa shape index (κ2) is 5.48. The molecule has 2 aromatic rings. The first-order chi connectivity index (χ1) is 10.6. The first kappa shape index (κ1) is 14.6. The molecule has 1 aliphatic rings. The van der Waals surface area contributed by atoms with Crippen LogP contribution in [0.4, 0.5) is 0 Å². The molecule has 0 spiro atoms. The lowest BCUT2D eigenvalue weighted by Crippen LogP contribution is -2.16. The number of aryl methyl sites for hydroxylation is 2.